The van der Waals surface area contributed by atoms with E-state index in [9.17, 15) is 4.79 Å². The van der Waals surface area contributed by atoms with Crippen LogP contribution in [0.5, 0.6) is 5.75 Å². The van der Waals surface area contributed by atoms with Gasteiger partial charge in [0.1, 0.15) is 5.75 Å². The van der Waals surface area contributed by atoms with Crippen molar-refractivity contribution >= 4 is 11.6 Å². The van der Waals surface area contributed by atoms with Crippen LogP contribution in [-0.2, 0) is 0 Å². The first kappa shape index (κ1) is 14.7. The Balaban J connectivity index is 2.00. The first-order valence-corrected chi connectivity index (χ1v) is 7.43. The van der Waals surface area contributed by atoms with Crippen molar-refractivity contribution in [2.75, 3.05) is 12.3 Å². The Labute approximate surface area is 120 Å². The van der Waals surface area contributed by atoms with E-state index in [4.69, 9.17) is 10.5 Å². The molecule has 1 aromatic carbocycles. The summed E-state index contributed by atoms with van der Waals surface area (Å²) in [5, 5.41) is 3.11. The highest BCUT2D eigenvalue weighted by atomic mass is 16.5. The van der Waals surface area contributed by atoms with Crippen LogP contribution in [0.4, 0.5) is 5.69 Å². The van der Waals surface area contributed by atoms with Gasteiger partial charge in [-0.15, -0.1) is 0 Å². The van der Waals surface area contributed by atoms with Crippen molar-refractivity contribution in [1.29, 1.82) is 0 Å². The van der Waals surface area contributed by atoms with E-state index in [2.05, 4.69) is 12.2 Å². The normalized spacial score (nSPS) is 22.3. The number of rotatable bonds is 4. The van der Waals surface area contributed by atoms with Crippen LogP contribution >= 0.6 is 0 Å². The van der Waals surface area contributed by atoms with E-state index < -0.39 is 0 Å². The Hall–Kier alpha value is -1.71. The molecule has 110 valence electrons. The number of nitrogens with one attached hydrogen (secondary N) is 1. The van der Waals surface area contributed by atoms with Gasteiger partial charge in [0.15, 0.2) is 0 Å². The monoisotopic (exact) mass is 276 g/mol. The van der Waals surface area contributed by atoms with Crippen LogP contribution in [0.25, 0.3) is 0 Å². The summed E-state index contributed by atoms with van der Waals surface area (Å²) in [5.74, 6) is 1.29. The minimum Gasteiger partial charge on any atom is -0.492 e. The molecule has 0 bridgehead atoms. The van der Waals surface area contributed by atoms with E-state index in [1.54, 1.807) is 18.2 Å². The summed E-state index contributed by atoms with van der Waals surface area (Å²) in [5.41, 5.74) is 7.01. The van der Waals surface area contributed by atoms with Crippen LogP contribution in [-0.4, -0.2) is 18.6 Å². The molecule has 0 saturated heterocycles. The fourth-order valence-electron chi connectivity index (χ4n) is 2.81. The molecule has 0 radical (unpaired) electrons. The fraction of sp³-hybridized carbons (Fsp3) is 0.562. The fourth-order valence-corrected chi connectivity index (χ4v) is 2.81. The number of nitrogen functional groups attached to an aromatic ring is 1. The first-order valence-electron chi connectivity index (χ1n) is 7.43. The molecule has 2 atom stereocenters. The third-order valence-corrected chi connectivity index (χ3v) is 3.84. The average Bonchev–Trinajstić information content (AvgIpc) is 2.41. The number of benzene rings is 1. The lowest BCUT2D eigenvalue weighted by Gasteiger charge is -2.27. The molecule has 0 aliphatic heterocycles. The molecule has 4 nitrogen and oxygen atoms in total. The van der Waals surface area contributed by atoms with Crippen LogP contribution in [0.15, 0.2) is 18.2 Å². The number of carbonyl (C=O) groups excluding carboxylic acids is 1. The molecule has 2 rings (SSSR count). The zero-order chi connectivity index (χ0) is 14.5. The minimum atomic E-state index is -0.0427. The van der Waals surface area contributed by atoms with E-state index in [0.717, 1.165) is 12.8 Å². The highest BCUT2D eigenvalue weighted by molar-refractivity contribution is 5.95. The van der Waals surface area contributed by atoms with E-state index in [1.165, 1.54) is 12.8 Å². The second-order valence-corrected chi connectivity index (χ2v) is 5.63. The third kappa shape index (κ3) is 3.65. The van der Waals surface area contributed by atoms with Crippen LogP contribution in [0.3, 0.4) is 0 Å². The molecule has 0 unspecified atom stereocenters. The number of hydrogen-bond donors (Lipinski definition) is 2. The summed E-state index contributed by atoms with van der Waals surface area (Å²) in [6.45, 7) is 4.72. The van der Waals surface area contributed by atoms with Crippen molar-refractivity contribution in [2.24, 2.45) is 5.92 Å². The summed E-state index contributed by atoms with van der Waals surface area (Å²) >= 11 is 0. The largest absolute Gasteiger partial charge is 0.492 e. The molecular weight excluding hydrogens is 252 g/mol. The lowest BCUT2D eigenvalue weighted by atomic mass is 9.87. The first-order chi connectivity index (χ1) is 9.60. The summed E-state index contributed by atoms with van der Waals surface area (Å²) < 4.78 is 5.38. The van der Waals surface area contributed by atoms with Gasteiger partial charge in [-0.05, 0) is 43.9 Å². The van der Waals surface area contributed by atoms with Gasteiger partial charge in [-0.3, -0.25) is 4.79 Å². The Morgan fingerprint density at radius 2 is 2.25 bits per heavy atom. The van der Waals surface area contributed by atoms with Crippen LogP contribution in [0.2, 0.25) is 0 Å². The number of nitrogens with two attached hydrogens (primary N) is 1. The molecule has 1 aromatic rings. The molecule has 1 aliphatic rings. The molecule has 20 heavy (non-hydrogen) atoms. The molecule has 0 heterocycles. The lowest BCUT2D eigenvalue weighted by molar-refractivity contribution is 0.0921. The van der Waals surface area contributed by atoms with Crippen LogP contribution < -0.4 is 15.8 Å². The predicted octanol–water partition coefficient (Wildman–Crippen LogP) is 2.98. The van der Waals surface area contributed by atoms with Gasteiger partial charge in [0, 0.05) is 11.6 Å². The molecule has 1 aliphatic carbocycles. The summed E-state index contributed by atoms with van der Waals surface area (Å²) in [4.78, 5) is 12.2. The number of carbonyl (C=O) groups is 1. The van der Waals surface area contributed by atoms with Gasteiger partial charge in [0.2, 0.25) is 0 Å². The third-order valence-electron chi connectivity index (χ3n) is 3.84. The summed E-state index contributed by atoms with van der Waals surface area (Å²) in [6.07, 6.45) is 4.60. The van der Waals surface area contributed by atoms with Gasteiger partial charge in [-0.25, -0.2) is 0 Å². The zero-order valence-electron chi connectivity index (χ0n) is 12.3. The highest BCUT2D eigenvalue weighted by Crippen LogP contribution is 2.25. The molecular formula is C16H24N2O2. The maximum Gasteiger partial charge on any atom is 0.251 e. The number of hydrogen-bond acceptors (Lipinski definition) is 3. The van der Waals surface area contributed by atoms with Crippen LogP contribution in [0.1, 0.15) is 49.9 Å². The molecule has 1 saturated carbocycles. The van der Waals surface area contributed by atoms with Crippen LogP contribution in [0, 0.1) is 5.92 Å². The highest BCUT2D eigenvalue weighted by Gasteiger charge is 2.21. The maximum absolute atomic E-state index is 12.2. The maximum atomic E-state index is 12.2. The molecule has 1 fully saturated rings. The van der Waals surface area contributed by atoms with Gasteiger partial charge in [0.25, 0.3) is 5.91 Å². The Kier molecular flexibility index (Phi) is 4.88. The quantitative estimate of drug-likeness (QED) is 0.831. The van der Waals surface area contributed by atoms with E-state index in [1.807, 2.05) is 6.92 Å². The Morgan fingerprint density at radius 3 is 2.90 bits per heavy atom. The second-order valence-electron chi connectivity index (χ2n) is 5.63. The predicted molar refractivity (Wildman–Crippen MR) is 80.9 cm³/mol. The van der Waals surface area contributed by atoms with E-state index in [-0.39, 0.29) is 5.91 Å². The van der Waals surface area contributed by atoms with Crippen molar-refractivity contribution in [2.45, 2.75) is 45.6 Å². The number of ether oxygens (including phenoxy) is 1. The molecule has 3 N–H and O–H groups in total. The second kappa shape index (κ2) is 6.64. The van der Waals surface area contributed by atoms with Crippen molar-refractivity contribution in [1.82, 2.24) is 5.32 Å². The number of amides is 1. The zero-order valence-corrected chi connectivity index (χ0v) is 12.3. The minimum absolute atomic E-state index is 0.0427. The molecule has 1 amide bonds. The van der Waals surface area contributed by atoms with E-state index in [0.29, 0.717) is 35.6 Å². The number of anilines is 1. The Bertz CT molecular complexity index is 474. The van der Waals surface area contributed by atoms with Gasteiger partial charge in [0.05, 0.1) is 12.3 Å². The van der Waals surface area contributed by atoms with Gasteiger partial charge >= 0.3 is 0 Å². The molecule has 0 aromatic heterocycles. The summed E-state index contributed by atoms with van der Waals surface area (Å²) in [6, 6.07) is 5.51. The van der Waals surface area contributed by atoms with Crippen molar-refractivity contribution in [3.63, 3.8) is 0 Å². The van der Waals surface area contributed by atoms with Crippen molar-refractivity contribution in [3.8, 4) is 5.75 Å². The van der Waals surface area contributed by atoms with Crippen molar-refractivity contribution < 1.29 is 9.53 Å². The summed E-state index contributed by atoms with van der Waals surface area (Å²) in [7, 11) is 0. The topological polar surface area (TPSA) is 64.3 Å². The standard InChI is InChI=1S/C16H24N2O2/c1-3-20-15-8-7-12(10-14(15)17)16(19)18-13-6-4-5-11(2)9-13/h7-8,10-11,13H,3-6,9,17H2,1-2H3,(H,18,19)/t11-,13-/m0/s1. The molecule has 0 spiro atoms. The van der Waals surface area contributed by atoms with E-state index >= 15 is 0 Å². The lowest BCUT2D eigenvalue weighted by Crippen LogP contribution is -2.38. The SMILES string of the molecule is CCOc1ccc(C(=O)N[C@H]2CCC[C@H](C)C2)cc1N. The van der Waals surface area contributed by atoms with Crippen molar-refractivity contribution in [3.05, 3.63) is 23.8 Å². The van der Waals surface area contributed by atoms with Gasteiger partial charge in [-0.2, -0.15) is 0 Å². The van der Waals surface area contributed by atoms with Gasteiger partial charge in [-0.1, -0.05) is 19.8 Å². The Morgan fingerprint density at radius 1 is 1.45 bits per heavy atom. The average molecular weight is 276 g/mol. The van der Waals surface area contributed by atoms with Gasteiger partial charge < -0.3 is 15.8 Å². The smallest absolute Gasteiger partial charge is 0.251 e. The molecule has 4 heteroatoms.